The van der Waals surface area contributed by atoms with E-state index in [4.69, 9.17) is 15.5 Å². The van der Waals surface area contributed by atoms with Crippen molar-refractivity contribution in [2.24, 2.45) is 10.8 Å². The second kappa shape index (κ2) is 10.2. The number of halogens is 4. The number of aliphatic carboxylic acids is 1. The number of methoxy groups -OCH3 is 1. The van der Waals surface area contributed by atoms with Crippen molar-refractivity contribution in [3.63, 3.8) is 0 Å². The number of alkyl halides is 3. The van der Waals surface area contributed by atoms with E-state index < -0.39 is 40.3 Å². The number of nitrogen functional groups attached to an aromatic ring is 1. The van der Waals surface area contributed by atoms with Crippen LogP contribution in [-0.4, -0.2) is 43.4 Å². The highest BCUT2D eigenvalue weighted by molar-refractivity contribution is 6.05. The molecular formula is C29H28F4N6O4. The Kier molecular flexibility index (Phi) is 7.06. The minimum Gasteiger partial charge on any atom is -0.496 e. The van der Waals surface area contributed by atoms with E-state index in [2.05, 4.69) is 15.3 Å². The molecule has 1 aliphatic rings. The van der Waals surface area contributed by atoms with Gasteiger partial charge in [-0.05, 0) is 49.4 Å². The highest BCUT2D eigenvalue weighted by atomic mass is 19.4. The van der Waals surface area contributed by atoms with Crippen LogP contribution >= 0.6 is 0 Å². The van der Waals surface area contributed by atoms with Crippen LogP contribution in [0.3, 0.4) is 0 Å². The van der Waals surface area contributed by atoms with Gasteiger partial charge in [-0.25, -0.2) is 19.3 Å². The number of rotatable bonds is 6. The zero-order valence-electron chi connectivity index (χ0n) is 23.6. The van der Waals surface area contributed by atoms with Crippen molar-refractivity contribution in [1.29, 1.82) is 0 Å². The summed E-state index contributed by atoms with van der Waals surface area (Å²) in [5, 5.41) is 12.3. The van der Waals surface area contributed by atoms with Gasteiger partial charge >= 0.3 is 12.1 Å². The first kappa shape index (κ1) is 29.7. The highest BCUT2D eigenvalue weighted by Gasteiger charge is 2.57. The minimum absolute atomic E-state index is 0.0342. The molecular weight excluding hydrogens is 572 g/mol. The molecule has 43 heavy (non-hydrogen) atoms. The molecule has 226 valence electrons. The first-order chi connectivity index (χ1) is 20.1. The smallest absolute Gasteiger partial charge is 0.416 e. The Bertz CT molecular complexity index is 1770. The molecule has 3 heterocycles. The lowest BCUT2D eigenvalue weighted by molar-refractivity contribution is -0.153. The Morgan fingerprint density at radius 3 is 2.51 bits per heavy atom. The SMILES string of the molecule is COc1cc(C(=O)Nc2cc(C(F)(F)F)ccn2)cc(F)c1-c1nc([C@@H]2CC[C@](C)(C(=O)O)C2(C)C)n2ccnc(N)c12. The fourth-order valence-electron chi connectivity index (χ4n) is 5.81. The third-order valence-electron chi connectivity index (χ3n) is 8.72. The number of nitrogens with zero attached hydrogens (tertiary/aromatic N) is 4. The average Bonchev–Trinajstić information content (AvgIpc) is 3.42. The highest BCUT2D eigenvalue weighted by Crippen LogP contribution is 2.60. The van der Waals surface area contributed by atoms with Crippen LogP contribution in [0, 0.1) is 16.6 Å². The Balaban J connectivity index is 1.59. The topological polar surface area (TPSA) is 145 Å². The maximum absolute atomic E-state index is 15.9. The molecule has 1 fully saturated rings. The molecule has 4 N–H and O–H groups in total. The molecule has 1 aromatic carbocycles. The number of carboxylic acids is 1. The largest absolute Gasteiger partial charge is 0.496 e. The number of carbonyl (C=O) groups is 2. The fourth-order valence-corrected chi connectivity index (χ4v) is 5.81. The van der Waals surface area contributed by atoms with E-state index in [-0.39, 0.29) is 45.6 Å². The van der Waals surface area contributed by atoms with Crippen molar-refractivity contribution in [1.82, 2.24) is 19.4 Å². The zero-order chi connectivity index (χ0) is 31.5. The van der Waals surface area contributed by atoms with E-state index in [9.17, 15) is 27.9 Å². The number of nitrogens with two attached hydrogens (primary N) is 1. The molecule has 0 unspecified atom stereocenters. The third kappa shape index (κ3) is 4.79. The van der Waals surface area contributed by atoms with Crippen LogP contribution in [0.1, 0.15) is 61.3 Å². The van der Waals surface area contributed by atoms with Crippen LogP contribution in [0.4, 0.5) is 29.2 Å². The van der Waals surface area contributed by atoms with Gasteiger partial charge in [0.25, 0.3) is 5.91 Å². The summed E-state index contributed by atoms with van der Waals surface area (Å²) in [6.07, 6.45) is 0.207. The quantitative estimate of drug-likeness (QED) is 0.236. The van der Waals surface area contributed by atoms with Gasteiger partial charge in [0.05, 0.1) is 23.7 Å². The standard InChI is InChI=1S/C29H28F4N6O4/c1-27(2)16(5-7-28(27,3)26(41)42)24-38-21(22-23(34)36-9-10-39(22)24)20-17(30)11-14(12-18(20)43-4)25(40)37-19-13-15(6-8-35-19)29(31,32)33/h6,8-13,16H,5,7H2,1-4H3,(H2,34,36)(H,41,42)(H,35,37,40)/t16-,28+/m0/s1. The van der Waals surface area contributed by atoms with Crippen molar-refractivity contribution in [2.75, 3.05) is 18.2 Å². The van der Waals surface area contributed by atoms with E-state index in [1.165, 1.54) is 19.4 Å². The molecule has 0 radical (unpaired) electrons. The first-order valence-corrected chi connectivity index (χ1v) is 13.2. The second-order valence-corrected chi connectivity index (χ2v) is 11.2. The number of nitrogens with one attached hydrogen (secondary N) is 1. The van der Waals surface area contributed by atoms with Gasteiger partial charge in [0.15, 0.2) is 0 Å². The van der Waals surface area contributed by atoms with Gasteiger partial charge < -0.3 is 20.9 Å². The van der Waals surface area contributed by atoms with Gasteiger partial charge in [0, 0.05) is 30.1 Å². The molecule has 10 nitrogen and oxygen atoms in total. The van der Waals surface area contributed by atoms with Crippen LogP contribution in [0.5, 0.6) is 5.75 Å². The molecule has 4 aromatic rings. The Morgan fingerprint density at radius 1 is 1.16 bits per heavy atom. The predicted molar refractivity (Wildman–Crippen MR) is 148 cm³/mol. The molecule has 1 amide bonds. The summed E-state index contributed by atoms with van der Waals surface area (Å²) in [6.45, 7) is 5.42. The summed E-state index contributed by atoms with van der Waals surface area (Å²) in [6, 6.07) is 3.54. The van der Waals surface area contributed by atoms with Crippen LogP contribution in [0.25, 0.3) is 16.8 Å². The number of carbonyl (C=O) groups excluding carboxylic acids is 1. The lowest BCUT2D eigenvalue weighted by Gasteiger charge is -2.38. The van der Waals surface area contributed by atoms with Crippen molar-refractivity contribution in [2.45, 2.75) is 45.7 Å². The van der Waals surface area contributed by atoms with Gasteiger partial charge in [0.2, 0.25) is 0 Å². The molecule has 2 atom stereocenters. The van der Waals surface area contributed by atoms with Gasteiger partial charge in [-0.3, -0.25) is 14.0 Å². The van der Waals surface area contributed by atoms with Crippen molar-refractivity contribution in [3.05, 3.63) is 65.6 Å². The van der Waals surface area contributed by atoms with Crippen molar-refractivity contribution < 1.29 is 37.0 Å². The summed E-state index contributed by atoms with van der Waals surface area (Å²) < 4.78 is 62.3. The average molecular weight is 601 g/mol. The fraction of sp³-hybridized carbons (Fsp3) is 0.345. The molecule has 14 heteroatoms. The Morgan fingerprint density at radius 2 is 1.88 bits per heavy atom. The lowest BCUT2D eigenvalue weighted by atomic mass is 9.65. The van der Waals surface area contributed by atoms with E-state index in [1.54, 1.807) is 17.5 Å². The van der Waals surface area contributed by atoms with Crippen LogP contribution < -0.4 is 15.8 Å². The number of hydrogen-bond donors (Lipinski definition) is 3. The number of amides is 1. The van der Waals surface area contributed by atoms with Crippen LogP contribution in [0.15, 0.2) is 42.9 Å². The van der Waals surface area contributed by atoms with Crippen LogP contribution in [-0.2, 0) is 11.0 Å². The summed E-state index contributed by atoms with van der Waals surface area (Å²) in [5.74, 6) is -3.10. The van der Waals surface area contributed by atoms with E-state index in [0.717, 1.165) is 18.3 Å². The number of ether oxygens (including phenoxy) is 1. The monoisotopic (exact) mass is 600 g/mol. The Labute approximate surface area is 242 Å². The number of fused-ring (bicyclic) bond motifs is 1. The summed E-state index contributed by atoms with van der Waals surface area (Å²) >= 11 is 0. The third-order valence-corrected chi connectivity index (χ3v) is 8.72. The molecule has 5 rings (SSSR count). The number of carboxylic acid groups (broad SMARTS) is 1. The number of benzene rings is 1. The van der Waals surface area contributed by atoms with E-state index >= 15 is 4.39 Å². The number of imidazole rings is 1. The number of anilines is 2. The Hall–Kier alpha value is -4.75. The summed E-state index contributed by atoms with van der Waals surface area (Å²) in [5.41, 5.74) is 3.39. The predicted octanol–water partition coefficient (Wildman–Crippen LogP) is 5.79. The summed E-state index contributed by atoms with van der Waals surface area (Å²) in [4.78, 5) is 37.8. The molecule has 0 bridgehead atoms. The van der Waals surface area contributed by atoms with Gasteiger partial charge in [-0.1, -0.05) is 13.8 Å². The number of aromatic nitrogens is 4. The normalized spacial score (nSPS) is 19.9. The van der Waals surface area contributed by atoms with Crippen molar-refractivity contribution in [3.8, 4) is 17.0 Å². The first-order valence-electron chi connectivity index (χ1n) is 13.2. The number of pyridine rings is 1. The van der Waals surface area contributed by atoms with Crippen molar-refractivity contribution >= 4 is 29.0 Å². The molecule has 0 aliphatic heterocycles. The maximum Gasteiger partial charge on any atom is 0.416 e. The molecule has 0 spiro atoms. The maximum atomic E-state index is 15.9. The van der Waals surface area contributed by atoms with Gasteiger partial charge in [-0.15, -0.1) is 0 Å². The van der Waals surface area contributed by atoms with E-state index in [1.807, 2.05) is 13.8 Å². The summed E-state index contributed by atoms with van der Waals surface area (Å²) in [7, 11) is 1.26. The van der Waals surface area contributed by atoms with Crippen LogP contribution in [0.2, 0.25) is 0 Å². The molecule has 1 aliphatic carbocycles. The van der Waals surface area contributed by atoms with Gasteiger partial charge in [0.1, 0.15) is 40.2 Å². The number of hydrogen-bond acceptors (Lipinski definition) is 7. The second-order valence-electron chi connectivity index (χ2n) is 11.2. The zero-order valence-corrected chi connectivity index (χ0v) is 23.6. The molecule has 0 saturated heterocycles. The molecule has 3 aromatic heterocycles. The lowest BCUT2D eigenvalue weighted by Crippen LogP contribution is -2.40. The van der Waals surface area contributed by atoms with E-state index in [0.29, 0.717) is 24.7 Å². The van der Waals surface area contributed by atoms with Gasteiger partial charge in [-0.2, -0.15) is 13.2 Å². The molecule has 1 saturated carbocycles. The minimum atomic E-state index is -4.65.